The van der Waals surface area contributed by atoms with E-state index >= 15 is 0 Å². The highest BCUT2D eigenvalue weighted by Gasteiger charge is 2.23. The number of halogens is 1. The van der Waals surface area contributed by atoms with E-state index in [1.165, 1.54) is 5.56 Å². The maximum absolute atomic E-state index is 12.0. The van der Waals surface area contributed by atoms with E-state index in [4.69, 9.17) is 0 Å². The molecule has 16 heavy (non-hydrogen) atoms. The summed E-state index contributed by atoms with van der Waals surface area (Å²) in [6.45, 7) is 3.80. The van der Waals surface area contributed by atoms with Crippen molar-refractivity contribution in [2.45, 2.75) is 24.6 Å². The zero-order valence-corrected chi connectivity index (χ0v) is 11.0. The molecule has 0 aromatic heterocycles. The molecule has 0 saturated carbocycles. The number of benzene rings is 1. The Morgan fingerprint density at radius 1 is 1.44 bits per heavy atom. The number of rotatable bonds is 2. The fourth-order valence-electron chi connectivity index (χ4n) is 1.94. The highest BCUT2D eigenvalue weighted by atomic mass is 79.9. The summed E-state index contributed by atoms with van der Waals surface area (Å²) in [5.41, 5.74) is 2.34. The Bertz CT molecular complexity index is 374. The third-order valence-corrected chi connectivity index (χ3v) is 3.71. The number of carbonyl (C=O) groups excluding carboxylic acids is 1. The molecule has 1 heterocycles. The molecular weight excluding hydrogens is 266 g/mol. The molecule has 1 aromatic carbocycles. The Kier molecular flexibility index (Phi) is 3.64. The van der Waals surface area contributed by atoms with Crippen molar-refractivity contribution in [1.29, 1.82) is 0 Å². The summed E-state index contributed by atoms with van der Waals surface area (Å²) < 4.78 is 0. The van der Waals surface area contributed by atoms with Crippen LogP contribution in [0.2, 0.25) is 0 Å². The lowest BCUT2D eigenvalue weighted by atomic mass is 10.1. The number of alkyl halides is 1. The van der Waals surface area contributed by atoms with Gasteiger partial charge < -0.3 is 4.90 Å². The molecule has 1 unspecified atom stereocenters. The molecule has 1 fully saturated rings. The van der Waals surface area contributed by atoms with Gasteiger partial charge in [-0.1, -0.05) is 45.8 Å². The molecule has 0 bridgehead atoms. The van der Waals surface area contributed by atoms with Crippen LogP contribution < -0.4 is 0 Å². The Morgan fingerprint density at radius 2 is 2.12 bits per heavy atom. The Morgan fingerprint density at radius 3 is 2.69 bits per heavy atom. The van der Waals surface area contributed by atoms with Gasteiger partial charge >= 0.3 is 0 Å². The van der Waals surface area contributed by atoms with E-state index in [0.717, 1.165) is 25.1 Å². The van der Waals surface area contributed by atoms with Gasteiger partial charge in [-0.25, -0.2) is 0 Å². The van der Waals surface area contributed by atoms with Crippen LogP contribution in [-0.2, 0) is 11.2 Å². The zero-order valence-electron chi connectivity index (χ0n) is 9.45. The van der Waals surface area contributed by atoms with Crippen LogP contribution in [0.25, 0.3) is 0 Å². The Hall–Kier alpha value is -0.830. The number of likely N-dealkylation sites (tertiary alicyclic amines) is 1. The van der Waals surface area contributed by atoms with Gasteiger partial charge in [0, 0.05) is 17.9 Å². The predicted octanol–water partition coefficient (Wildman–Crippen LogP) is 2.53. The van der Waals surface area contributed by atoms with Crippen molar-refractivity contribution in [3.05, 3.63) is 35.4 Å². The van der Waals surface area contributed by atoms with Crippen LogP contribution in [-0.4, -0.2) is 28.7 Å². The minimum atomic E-state index is 0.241. The number of carbonyl (C=O) groups is 1. The van der Waals surface area contributed by atoms with Gasteiger partial charge in [-0.2, -0.15) is 0 Å². The standard InChI is InChI=1S/C13H16BrNO/c1-10-2-4-11(5-3-10)8-13(16)15-7-6-12(14)9-15/h2-5,12H,6-9H2,1H3. The fourth-order valence-corrected chi connectivity index (χ4v) is 2.49. The molecule has 86 valence electrons. The zero-order chi connectivity index (χ0) is 11.5. The van der Waals surface area contributed by atoms with E-state index in [1.807, 2.05) is 17.0 Å². The average Bonchev–Trinajstić information content (AvgIpc) is 2.68. The molecule has 0 spiro atoms. The van der Waals surface area contributed by atoms with Crippen LogP contribution in [0.15, 0.2) is 24.3 Å². The molecule has 2 nitrogen and oxygen atoms in total. The topological polar surface area (TPSA) is 20.3 Å². The SMILES string of the molecule is Cc1ccc(CC(=O)N2CCC(Br)C2)cc1. The van der Waals surface area contributed by atoms with Crippen molar-refractivity contribution in [3.8, 4) is 0 Å². The van der Waals surface area contributed by atoms with E-state index in [-0.39, 0.29) is 5.91 Å². The predicted molar refractivity (Wildman–Crippen MR) is 68.8 cm³/mol. The van der Waals surface area contributed by atoms with E-state index in [2.05, 4.69) is 35.0 Å². The van der Waals surface area contributed by atoms with E-state index in [1.54, 1.807) is 0 Å². The molecule has 0 N–H and O–H groups in total. The largest absolute Gasteiger partial charge is 0.341 e. The molecule has 0 aliphatic carbocycles. The third-order valence-electron chi connectivity index (χ3n) is 2.96. The lowest BCUT2D eigenvalue weighted by molar-refractivity contribution is -0.129. The molecule has 0 radical (unpaired) electrons. The van der Waals surface area contributed by atoms with Crippen molar-refractivity contribution < 1.29 is 4.79 Å². The summed E-state index contributed by atoms with van der Waals surface area (Å²) >= 11 is 3.55. The second kappa shape index (κ2) is 5.00. The quantitative estimate of drug-likeness (QED) is 0.763. The van der Waals surface area contributed by atoms with Gasteiger partial charge in [0.1, 0.15) is 0 Å². The molecular formula is C13H16BrNO. The van der Waals surface area contributed by atoms with E-state index in [9.17, 15) is 4.79 Å². The van der Waals surface area contributed by atoms with E-state index in [0.29, 0.717) is 11.2 Å². The van der Waals surface area contributed by atoms with Gasteiger partial charge in [-0.15, -0.1) is 0 Å². The average molecular weight is 282 g/mol. The molecule has 3 heteroatoms. The number of hydrogen-bond acceptors (Lipinski definition) is 1. The van der Waals surface area contributed by atoms with Gasteiger partial charge in [0.25, 0.3) is 0 Å². The fraction of sp³-hybridized carbons (Fsp3) is 0.462. The molecule has 1 aromatic rings. The van der Waals surface area contributed by atoms with Gasteiger partial charge in [0.05, 0.1) is 6.42 Å². The second-order valence-corrected chi connectivity index (χ2v) is 5.68. The molecule has 1 atom stereocenters. The van der Waals surface area contributed by atoms with Crippen LogP contribution in [0.5, 0.6) is 0 Å². The molecule has 1 amide bonds. The van der Waals surface area contributed by atoms with Crippen molar-refractivity contribution in [2.24, 2.45) is 0 Å². The number of amides is 1. The monoisotopic (exact) mass is 281 g/mol. The summed E-state index contributed by atoms with van der Waals surface area (Å²) in [5, 5.41) is 0. The van der Waals surface area contributed by atoms with Crippen LogP contribution >= 0.6 is 15.9 Å². The first-order valence-corrected chi connectivity index (χ1v) is 6.54. The lowest BCUT2D eigenvalue weighted by Gasteiger charge is -2.15. The second-order valence-electron chi connectivity index (χ2n) is 4.39. The summed E-state index contributed by atoms with van der Waals surface area (Å²) in [6, 6.07) is 8.18. The normalized spacial score (nSPS) is 20.1. The maximum Gasteiger partial charge on any atom is 0.227 e. The molecule has 1 aliphatic heterocycles. The number of aryl methyl sites for hydroxylation is 1. The van der Waals surface area contributed by atoms with Crippen LogP contribution in [0.4, 0.5) is 0 Å². The lowest BCUT2D eigenvalue weighted by Crippen LogP contribution is -2.30. The van der Waals surface area contributed by atoms with Gasteiger partial charge in [0.2, 0.25) is 5.91 Å². The minimum Gasteiger partial charge on any atom is -0.341 e. The molecule has 2 rings (SSSR count). The summed E-state index contributed by atoms with van der Waals surface area (Å²) in [4.78, 5) is 14.4. The summed E-state index contributed by atoms with van der Waals surface area (Å²) in [5.74, 6) is 0.241. The van der Waals surface area contributed by atoms with Gasteiger partial charge in [0.15, 0.2) is 0 Å². The summed E-state index contributed by atoms with van der Waals surface area (Å²) in [6.07, 6.45) is 1.60. The van der Waals surface area contributed by atoms with Crippen LogP contribution in [0.3, 0.4) is 0 Å². The first-order chi connectivity index (χ1) is 7.65. The maximum atomic E-state index is 12.0. The smallest absolute Gasteiger partial charge is 0.227 e. The van der Waals surface area contributed by atoms with E-state index < -0.39 is 0 Å². The summed E-state index contributed by atoms with van der Waals surface area (Å²) in [7, 11) is 0. The highest BCUT2D eigenvalue weighted by Crippen LogP contribution is 2.17. The van der Waals surface area contributed by atoms with Crippen LogP contribution in [0, 0.1) is 6.92 Å². The first kappa shape index (κ1) is 11.6. The first-order valence-electron chi connectivity index (χ1n) is 5.62. The Balaban J connectivity index is 1.94. The Labute approximate surface area is 105 Å². The van der Waals surface area contributed by atoms with Gasteiger partial charge in [-0.05, 0) is 18.9 Å². The van der Waals surface area contributed by atoms with Crippen molar-refractivity contribution in [2.75, 3.05) is 13.1 Å². The van der Waals surface area contributed by atoms with Crippen molar-refractivity contribution >= 4 is 21.8 Å². The minimum absolute atomic E-state index is 0.241. The number of nitrogens with zero attached hydrogens (tertiary/aromatic N) is 1. The van der Waals surface area contributed by atoms with Gasteiger partial charge in [-0.3, -0.25) is 4.79 Å². The highest BCUT2D eigenvalue weighted by molar-refractivity contribution is 9.09. The molecule has 1 aliphatic rings. The van der Waals surface area contributed by atoms with Crippen molar-refractivity contribution in [3.63, 3.8) is 0 Å². The number of hydrogen-bond donors (Lipinski definition) is 0. The third kappa shape index (κ3) is 2.85. The van der Waals surface area contributed by atoms with Crippen LogP contribution in [0.1, 0.15) is 17.5 Å². The molecule has 1 saturated heterocycles. The van der Waals surface area contributed by atoms with Crippen molar-refractivity contribution in [1.82, 2.24) is 4.90 Å².